The molecule has 26 heavy (non-hydrogen) atoms. The third kappa shape index (κ3) is 3.10. The summed E-state index contributed by atoms with van der Waals surface area (Å²) in [4.78, 5) is 31.5. The second kappa shape index (κ2) is 6.92. The van der Waals surface area contributed by atoms with Gasteiger partial charge in [0.25, 0.3) is 5.91 Å². The first-order valence-electron chi connectivity index (χ1n) is 8.29. The Bertz CT molecular complexity index is 867. The van der Waals surface area contributed by atoms with E-state index in [1.165, 1.54) is 4.90 Å². The predicted molar refractivity (Wildman–Crippen MR) is 101 cm³/mol. The second-order valence-electron chi connectivity index (χ2n) is 6.22. The number of benzene rings is 2. The Morgan fingerprint density at radius 2 is 1.85 bits per heavy atom. The van der Waals surface area contributed by atoms with Crippen molar-refractivity contribution in [3.63, 3.8) is 0 Å². The number of nitrogens with zero attached hydrogens (tertiary/aromatic N) is 2. The molecule has 7 heteroatoms. The van der Waals surface area contributed by atoms with Crippen LogP contribution in [0.5, 0.6) is 0 Å². The van der Waals surface area contributed by atoms with Gasteiger partial charge < -0.3 is 10.2 Å². The molecule has 0 spiro atoms. The van der Waals surface area contributed by atoms with Crippen LogP contribution in [0.1, 0.15) is 12.0 Å². The molecule has 2 aromatic carbocycles. The largest absolute Gasteiger partial charge is 0.395 e. The van der Waals surface area contributed by atoms with E-state index in [0.717, 1.165) is 15.7 Å². The molecule has 1 fully saturated rings. The van der Waals surface area contributed by atoms with E-state index in [0.29, 0.717) is 18.7 Å². The van der Waals surface area contributed by atoms with Gasteiger partial charge in [0.15, 0.2) is 0 Å². The number of imide groups is 1. The van der Waals surface area contributed by atoms with E-state index in [9.17, 15) is 9.59 Å². The van der Waals surface area contributed by atoms with E-state index in [1.54, 1.807) is 24.3 Å². The van der Waals surface area contributed by atoms with E-state index < -0.39 is 12.1 Å². The minimum atomic E-state index is -0.588. The molecule has 2 aromatic rings. The Balaban J connectivity index is 1.51. The van der Waals surface area contributed by atoms with Crippen LogP contribution in [-0.4, -0.2) is 30.3 Å². The van der Waals surface area contributed by atoms with Gasteiger partial charge in [0.2, 0.25) is 0 Å². The van der Waals surface area contributed by atoms with E-state index in [-0.39, 0.29) is 11.8 Å². The van der Waals surface area contributed by atoms with Gasteiger partial charge in [-0.15, -0.1) is 0 Å². The fourth-order valence-corrected chi connectivity index (χ4v) is 3.50. The first-order chi connectivity index (χ1) is 12.6. The summed E-state index contributed by atoms with van der Waals surface area (Å²) in [7, 11) is 0. The van der Waals surface area contributed by atoms with Crippen LogP contribution in [0.2, 0.25) is 0 Å². The third-order valence-corrected chi connectivity index (χ3v) is 5.05. The van der Waals surface area contributed by atoms with Crippen LogP contribution in [0.4, 0.5) is 10.5 Å². The average Bonchev–Trinajstić information content (AvgIpc) is 3.21. The molecular formula is C19H16BrN3O3. The Kier molecular flexibility index (Phi) is 4.46. The smallest absolute Gasteiger partial charge is 0.329 e. The number of para-hydroxylation sites is 1. The minimum Gasteiger partial charge on any atom is -0.395 e. The van der Waals surface area contributed by atoms with Gasteiger partial charge in [-0.3, -0.25) is 4.79 Å². The van der Waals surface area contributed by atoms with Gasteiger partial charge in [0.1, 0.15) is 12.6 Å². The molecule has 2 aliphatic heterocycles. The highest BCUT2D eigenvalue weighted by atomic mass is 79.9. The molecule has 0 aliphatic carbocycles. The summed E-state index contributed by atoms with van der Waals surface area (Å²) in [5.74, 6) is -0.301. The Labute approximate surface area is 158 Å². The number of oxime groups is 1. The lowest BCUT2D eigenvalue weighted by molar-refractivity contribution is -0.118. The summed E-state index contributed by atoms with van der Waals surface area (Å²) < 4.78 is 0.981. The van der Waals surface area contributed by atoms with Crippen molar-refractivity contribution in [1.29, 1.82) is 0 Å². The van der Waals surface area contributed by atoms with Crippen LogP contribution >= 0.6 is 15.9 Å². The highest BCUT2D eigenvalue weighted by molar-refractivity contribution is 9.10. The van der Waals surface area contributed by atoms with Crippen molar-refractivity contribution in [2.24, 2.45) is 11.1 Å². The van der Waals surface area contributed by atoms with Gasteiger partial charge in [0.05, 0.1) is 11.4 Å². The number of nitrogens with one attached hydrogen (secondary N) is 1. The van der Waals surface area contributed by atoms with Crippen molar-refractivity contribution in [2.75, 3.05) is 11.5 Å². The van der Waals surface area contributed by atoms with Crippen LogP contribution in [0.15, 0.2) is 64.2 Å². The topological polar surface area (TPSA) is 71.0 Å². The average molecular weight is 414 g/mol. The quantitative estimate of drug-likeness (QED) is 0.781. The van der Waals surface area contributed by atoms with Crippen LogP contribution in [0, 0.1) is 5.92 Å². The zero-order chi connectivity index (χ0) is 18.1. The van der Waals surface area contributed by atoms with Crippen molar-refractivity contribution in [3.05, 3.63) is 64.6 Å². The number of amides is 3. The van der Waals surface area contributed by atoms with Crippen molar-refractivity contribution >= 4 is 39.3 Å². The predicted octanol–water partition coefficient (Wildman–Crippen LogP) is 3.31. The number of carbonyl (C=O) groups excluding carboxylic acids is 2. The summed E-state index contributed by atoms with van der Waals surface area (Å²) in [6, 6.07) is 15.7. The van der Waals surface area contributed by atoms with Crippen molar-refractivity contribution in [1.82, 2.24) is 5.32 Å². The molecule has 1 N–H and O–H groups in total. The highest BCUT2D eigenvalue weighted by Gasteiger charge is 2.41. The van der Waals surface area contributed by atoms with Crippen LogP contribution in [0.25, 0.3) is 0 Å². The number of rotatable bonds is 4. The lowest BCUT2D eigenvalue weighted by Crippen LogP contribution is -2.34. The second-order valence-corrected chi connectivity index (χ2v) is 7.14. The van der Waals surface area contributed by atoms with E-state index in [2.05, 4.69) is 26.4 Å². The molecule has 1 unspecified atom stereocenters. The minimum absolute atomic E-state index is 0.0545. The first kappa shape index (κ1) is 16.8. The number of urea groups is 1. The molecule has 0 radical (unpaired) electrons. The van der Waals surface area contributed by atoms with Crippen LogP contribution < -0.4 is 10.2 Å². The highest BCUT2D eigenvalue weighted by Crippen LogP contribution is 2.26. The molecule has 2 heterocycles. The van der Waals surface area contributed by atoms with E-state index in [1.807, 2.05) is 30.3 Å². The number of anilines is 1. The lowest BCUT2D eigenvalue weighted by atomic mass is 9.91. The summed E-state index contributed by atoms with van der Waals surface area (Å²) in [5.41, 5.74) is 2.33. The lowest BCUT2D eigenvalue weighted by Gasteiger charge is -2.15. The molecule has 2 atom stereocenters. The fourth-order valence-electron chi connectivity index (χ4n) is 3.24. The maximum absolute atomic E-state index is 12.7. The number of hydrogen-bond donors (Lipinski definition) is 1. The molecule has 132 valence electrons. The van der Waals surface area contributed by atoms with Crippen LogP contribution in [-0.2, 0) is 9.63 Å². The summed E-state index contributed by atoms with van der Waals surface area (Å²) in [6.07, 6.45) is 0.447. The van der Waals surface area contributed by atoms with Gasteiger partial charge in [-0.25, -0.2) is 9.69 Å². The molecular weight excluding hydrogens is 398 g/mol. The van der Waals surface area contributed by atoms with Crippen molar-refractivity contribution < 1.29 is 14.4 Å². The number of hydrogen-bond acceptors (Lipinski definition) is 4. The van der Waals surface area contributed by atoms with Crippen molar-refractivity contribution in [3.8, 4) is 0 Å². The van der Waals surface area contributed by atoms with E-state index in [4.69, 9.17) is 4.84 Å². The first-order valence-corrected chi connectivity index (χ1v) is 9.08. The molecule has 2 aliphatic rings. The molecule has 0 bridgehead atoms. The van der Waals surface area contributed by atoms with Gasteiger partial charge in [-0.05, 0) is 36.2 Å². The van der Waals surface area contributed by atoms with Crippen molar-refractivity contribution in [2.45, 2.75) is 12.5 Å². The zero-order valence-electron chi connectivity index (χ0n) is 13.8. The standard InChI is InChI=1S/C19H16BrN3O3/c20-14-8-6-12(7-9-14)17-13(11-26-22-17)10-16-18(24)23(19(25)21-16)15-4-2-1-3-5-15/h1-9,13,16H,10-11H2,(H,21,25)/t13?,16-/m1/s1. The fraction of sp³-hybridized carbons (Fsp3) is 0.211. The SMILES string of the molecule is O=C1N[C@H](CC2CON=C2c2ccc(Br)cc2)C(=O)N1c1ccccc1. The number of halogens is 1. The summed E-state index contributed by atoms with van der Waals surface area (Å²) in [5, 5.41) is 6.92. The molecule has 6 nitrogen and oxygen atoms in total. The zero-order valence-corrected chi connectivity index (χ0v) is 15.3. The number of carbonyl (C=O) groups is 2. The molecule has 0 saturated carbocycles. The molecule has 4 rings (SSSR count). The Hall–Kier alpha value is -2.67. The Morgan fingerprint density at radius 3 is 2.58 bits per heavy atom. The Morgan fingerprint density at radius 1 is 1.12 bits per heavy atom. The van der Waals surface area contributed by atoms with Gasteiger partial charge in [-0.1, -0.05) is 51.4 Å². The van der Waals surface area contributed by atoms with Crippen LogP contribution in [0.3, 0.4) is 0 Å². The maximum atomic E-state index is 12.7. The van der Waals surface area contributed by atoms with Gasteiger partial charge in [0, 0.05) is 10.4 Å². The van der Waals surface area contributed by atoms with E-state index >= 15 is 0 Å². The van der Waals surface area contributed by atoms with Gasteiger partial charge >= 0.3 is 6.03 Å². The summed E-state index contributed by atoms with van der Waals surface area (Å²) in [6.45, 7) is 0.399. The monoisotopic (exact) mass is 413 g/mol. The third-order valence-electron chi connectivity index (χ3n) is 4.52. The maximum Gasteiger partial charge on any atom is 0.329 e. The normalized spacial score (nSPS) is 22.2. The molecule has 1 saturated heterocycles. The molecule has 3 amide bonds. The summed E-state index contributed by atoms with van der Waals surface area (Å²) >= 11 is 3.41. The van der Waals surface area contributed by atoms with Gasteiger partial charge in [-0.2, -0.15) is 0 Å². The molecule has 0 aromatic heterocycles.